The van der Waals surface area contributed by atoms with Gasteiger partial charge in [-0.2, -0.15) is 0 Å². The summed E-state index contributed by atoms with van der Waals surface area (Å²) in [5.74, 6) is -2.72. The Balaban J connectivity index is 1.50. The molecule has 0 saturated carbocycles. The molecule has 1 saturated heterocycles. The first kappa shape index (κ1) is 24.3. The lowest BCUT2D eigenvalue weighted by molar-refractivity contribution is -0.131. The van der Waals surface area contributed by atoms with Crippen LogP contribution < -0.4 is 20.7 Å². The first-order valence-electron chi connectivity index (χ1n) is 11.2. The molecule has 12 nitrogen and oxygen atoms in total. The number of imide groups is 1. The predicted molar refractivity (Wildman–Crippen MR) is 125 cm³/mol. The van der Waals surface area contributed by atoms with Gasteiger partial charge in [-0.25, -0.2) is 9.37 Å². The van der Waals surface area contributed by atoms with Crippen LogP contribution >= 0.6 is 0 Å². The number of aromatic nitrogens is 1. The van der Waals surface area contributed by atoms with E-state index in [0.29, 0.717) is 5.56 Å². The Morgan fingerprint density at radius 1 is 1.38 bits per heavy atom. The Bertz CT molecular complexity index is 1460. The molecule has 0 radical (unpaired) electrons. The van der Waals surface area contributed by atoms with Crippen LogP contribution in [0.1, 0.15) is 28.1 Å². The third-order valence-corrected chi connectivity index (χ3v) is 6.49. The Morgan fingerprint density at radius 3 is 2.84 bits per heavy atom. The van der Waals surface area contributed by atoms with E-state index in [2.05, 4.69) is 4.98 Å². The molecule has 4 amide bonds. The van der Waals surface area contributed by atoms with Crippen molar-refractivity contribution >= 4 is 41.0 Å². The van der Waals surface area contributed by atoms with Gasteiger partial charge < -0.3 is 24.9 Å². The Kier molecular flexibility index (Phi) is 5.88. The smallest absolute Gasteiger partial charge is 0.257 e. The number of fused-ring (bicyclic) bond motifs is 2. The summed E-state index contributed by atoms with van der Waals surface area (Å²) in [5.41, 5.74) is 5.10. The van der Waals surface area contributed by atoms with Gasteiger partial charge in [0, 0.05) is 12.6 Å². The lowest BCUT2D eigenvalue weighted by Crippen LogP contribution is -2.57. The number of anilines is 1. The second kappa shape index (κ2) is 8.94. The quantitative estimate of drug-likeness (QED) is 0.374. The molecule has 2 aliphatic heterocycles. The molecule has 0 aliphatic carbocycles. The lowest BCUT2D eigenvalue weighted by Gasteiger charge is -2.29. The van der Waals surface area contributed by atoms with Gasteiger partial charge in [0.05, 0.1) is 38.3 Å². The van der Waals surface area contributed by atoms with E-state index in [9.17, 15) is 28.7 Å². The van der Waals surface area contributed by atoms with Crippen molar-refractivity contribution in [3.05, 3.63) is 53.0 Å². The molecule has 1 aromatic carbocycles. The third kappa shape index (κ3) is 3.97. The number of hydrogen-bond donors (Lipinski definition) is 3. The van der Waals surface area contributed by atoms with Crippen molar-refractivity contribution in [1.29, 1.82) is 0 Å². The van der Waals surface area contributed by atoms with Crippen LogP contribution in [-0.2, 0) is 26.5 Å². The van der Waals surface area contributed by atoms with Crippen LogP contribution in [0.2, 0.25) is 0 Å². The average molecular weight is 511 g/mol. The molecule has 192 valence electrons. The van der Waals surface area contributed by atoms with Crippen molar-refractivity contribution < 1.29 is 37.8 Å². The Morgan fingerprint density at radius 2 is 2.16 bits per heavy atom. The van der Waals surface area contributed by atoms with Gasteiger partial charge in [-0.3, -0.25) is 29.4 Å². The highest BCUT2D eigenvalue weighted by Gasteiger charge is 2.45. The number of carbonyl (C=O) groups is 4. The van der Waals surface area contributed by atoms with E-state index in [1.54, 1.807) is 6.07 Å². The van der Waals surface area contributed by atoms with Gasteiger partial charge in [-0.05, 0) is 23.8 Å². The second-order valence-electron chi connectivity index (χ2n) is 8.87. The number of carbonyl (C=O) groups excluding carboxylic acids is 4. The van der Waals surface area contributed by atoms with E-state index >= 15 is 0 Å². The van der Waals surface area contributed by atoms with Crippen LogP contribution in [0, 0.1) is 5.82 Å². The summed E-state index contributed by atoms with van der Waals surface area (Å²) in [6, 6.07) is 7.35. The van der Waals surface area contributed by atoms with E-state index in [4.69, 9.17) is 14.9 Å². The van der Waals surface area contributed by atoms with Gasteiger partial charge in [-0.1, -0.05) is 6.07 Å². The van der Waals surface area contributed by atoms with E-state index < -0.39 is 35.8 Å². The zero-order valence-corrected chi connectivity index (χ0v) is 19.6. The molecular weight excluding hydrogens is 489 g/mol. The molecule has 3 aromatic rings. The molecule has 0 spiro atoms. The highest BCUT2D eigenvalue weighted by atomic mass is 19.1. The fourth-order valence-corrected chi connectivity index (χ4v) is 4.62. The van der Waals surface area contributed by atoms with Crippen molar-refractivity contribution in [1.82, 2.24) is 15.2 Å². The lowest BCUT2D eigenvalue weighted by atomic mass is 9.95. The van der Waals surface area contributed by atoms with E-state index in [0.717, 1.165) is 0 Å². The maximum Gasteiger partial charge on any atom is 0.257 e. The van der Waals surface area contributed by atoms with Gasteiger partial charge in [0.25, 0.3) is 11.8 Å². The highest BCUT2D eigenvalue weighted by Crippen LogP contribution is 2.34. The van der Waals surface area contributed by atoms with Gasteiger partial charge >= 0.3 is 0 Å². The van der Waals surface area contributed by atoms with E-state index in [1.807, 2.05) is 5.32 Å². The number of nitrogens with one attached hydrogen (secondary N) is 1. The molecule has 4 N–H and O–H groups in total. The van der Waals surface area contributed by atoms with Crippen LogP contribution in [0.25, 0.3) is 11.1 Å². The minimum Gasteiger partial charge on any atom is -0.494 e. The number of rotatable bonds is 7. The number of amides is 4. The number of aliphatic hydroxyl groups is 1. The molecule has 1 fully saturated rings. The number of halogens is 1. The molecule has 2 atom stereocenters. The van der Waals surface area contributed by atoms with Gasteiger partial charge in [-0.15, -0.1) is 0 Å². The minimum atomic E-state index is -2.06. The summed E-state index contributed by atoms with van der Waals surface area (Å²) >= 11 is 0. The van der Waals surface area contributed by atoms with Crippen molar-refractivity contribution in [3.8, 4) is 5.75 Å². The fourth-order valence-electron chi connectivity index (χ4n) is 4.62. The van der Waals surface area contributed by atoms with E-state index in [1.165, 1.54) is 41.2 Å². The van der Waals surface area contributed by atoms with Crippen molar-refractivity contribution in [2.75, 3.05) is 25.1 Å². The number of nitrogens with zero attached hydrogens (tertiary/aromatic N) is 3. The van der Waals surface area contributed by atoms with Crippen molar-refractivity contribution in [2.24, 2.45) is 5.73 Å². The monoisotopic (exact) mass is 511 g/mol. The van der Waals surface area contributed by atoms with Crippen LogP contribution in [0.3, 0.4) is 0 Å². The zero-order valence-electron chi connectivity index (χ0n) is 19.6. The molecule has 5 rings (SSSR count). The normalized spacial score (nSPS) is 18.8. The molecular formula is C24H22FN5O7. The van der Waals surface area contributed by atoms with E-state index in [-0.39, 0.29) is 65.8 Å². The standard InChI is InChI=1S/C24H22FN5O7/c1-36-16-3-2-12-8-29(22(34)20(12)21(16)25)10-24(26,23(35)27-11-31)17-7-14-15(37-17)4-5-18(28-14)30-9-13(32)6-19(30)33/h2-5,7,11,13,32H,6,8-10,26H2,1H3,(H,27,31,35)/t13-,24+/m1/s1. The van der Waals surface area contributed by atoms with Gasteiger partial charge in [0.1, 0.15) is 17.1 Å². The van der Waals surface area contributed by atoms with Crippen LogP contribution in [0.15, 0.2) is 34.7 Å². The molecule has 13 heteroatoms. The maximum absolute atomic E-state index is 14.8. The molecule has 0 unspecified atom stereocenters. The minimum absolute atomic E-state index is 0.0210. The first-order chi connectivity index (χ1) is 17.7. The number of methoxy groups -OCH3 is 1. The summed E-state index contributed by atoms with van der Waals surface area (Å²) in [6.45, 7) is -0.403. The number of furan rings is 1. The molecule has 4 heterocycles. The maximum atomic E-state index is 14.8. The number of hydrogen-bond acceptors (Lipinski definition) is 9. The largest absolute Gasteiger partial charge is 0.494 e. The zero-order chi connectivity index (χ0) is 26.5. The summed E-state index contributed by atoms with van der Waals surface area (Å²) in [6.07, 6.45) is -0.675. The number of pyridine rings is 1. The number of aliphatic hydroxyl groups excluding tert-OH is 1. The average Bonchev–Trinajstić information content (AvgIpc) is 3.54. The molecule has 37 heavy (non-hydrogen) atoms. The summed E-state index contributed by atoms with van der Waals surface area (Å²) in [7, 11) is 1.28. The second-order valence-corrected chi connectivity index (χ2v) is 8.87. The van der Waals surface area contributed by atoms with Gasteiger partial charge in [0.15, 0.2) is 22.7 Å². The van der Waals surface area contributed by atoms with Gasteiger partial charge in [0.2, 0.25) is 12.3 Å². The number of ether oxygens (including phenoxy) is 1. The third-order valence-electron chi connectivity index (χ3n) is 6.49. The number of benzene rings is 1. The van der Waals surface area contributed by atoms with Crippen LogP contribution in [-0.4, -0.2) is 65.4 Å². The van der Waals surface area contributed by atoms with Crippen molar-refractivity contribution in [3.63, 3.8) is 0 Å². The number of β-amino-alcohol motifs (C(OH)–C–C–N with tert-alkyl or cyclic N) is 1. The molecule has 2 aromatic heterocycles. The Labute approximate surface area is 208 Å². The fraction of sp³-hybridized carbons (Fsp3) is 0.292. The summed E-state index contributed by atoms with van der Waals surface area (Å²) in [5, 5.41) is 11.8. The first-order valence-corrected chi connectivity index (χ1v) is 11.2. The van der Waals surface area contributed by atoms with Crippen molar-refractivity contribution in [2.45, 2.75) is 24.6 Å². The topological polar surface area (TPSA) is 168 Å². The summed E-state index contributed by atoms with van der Waals surface area (Å²) in [4.78, 5) is 56.2. The highest BCUT2D eigenvalue weighted by molar-refractivity contribution is 6.01. The Hall–Kier alpha value is -4.36. The molecule has 2 aliphatic rings. The molecule has 0 bridgehead atoms. The van der Waals surface area contributed by atoms with Crippen LogP contribution in [0.4, 0.5) is 10.2 Å². The SMILES string of the molecule is COc1ccc2c(c1F)C(=O)N(C[C@@](N)(C(=O)NC=O)c1cc3nc(N4C[C@H](O)CC4=O)ccc3o1)C2. The number of nitrogens with two attached hydrogens (primary N) is 1. The predicted octanol–water partition coefficient (Wildman–Crippen LogP) is 0.156. The summed E-state index contributed by atoms with van der Waals surface area (Å²) < 4.78 is 25.5. The van der Waals surface area contributed by atoms with Crippen LogP contribution in [0.5, 0.6) is 5.75 Å².